The lowest BCUT2D eigenvalue weighted by atomic mass is 10.1. The van der Waals surface area contributed by atoms with E-state index >= 15 is 0 Å². The molecule has 2 atom stereocenters. The SMILES string of the molecule is CCCCC[C@]1(O)C[C@H]1CO. The lowest BCUT2D eigenvalue weighted by molar-refractivity contribution is 0.100. The van der Waals surface area contributed by atoms with E-state index in [4.69, 9.17) is 5.11 Å². The zero-order valence-electron chi connectivity index (χ0n) is 7.21. The van der Waals surface area contributed by atoms with Gasteiger partial charge in [-0.3, -0.25) is 0 Å². The molecule has 0 unspecified atom stereocenters. The van der Waals surface area contributed by atoms with E-state index in [1.54, 1.807) is 0 Å². The van der Waals surface area contributed by atoms with Gasteiger partial charge in [0, 0.05) is 12.5 Å². The van der Waals surface area contributed by atoms with Crippen LogP contribution in [0.2, 0.25) is 0 Å². The Balaban J connectivity index is 2.08. The largest absolute Gasteiger partial charge is 0.396 e. The maximum absolute atomic E-state index is 9.66. The summed E-state index contributed by atoms with van der Waals surface area (Å²) in [5, 5.41) is 18.4. The van der Waals surface area contributed by atoms with Crippen LogP contribution in [0.4, 0.5) is 0 Å². The standard InChI is InChI=1S/C9H18O2/c1-2-3-4-5-9(11)6-8(9)7-10/h8,10-11H,2-7H2,1H3/t8-,9-/m0/s1. The molecular weight excluding hydrogens is 140 g/mol. The minimum absolute atomic E-state index is 0.155. The normalized spacial score (nSPS) is 35.7. The van der Waals surface area contributed by atoms with Gasteiger partial charge in [0.05, 0.1) is 5.60 Å². The van der Waals surface area contributed by atoms with Crippen LogP contribution < -0.4 is 0 Å². The fourth-order valence-electron chi connectivity index (χ4n) is 1.59. The molecule has 0 radical (unpaired) electrons. The maximum atomic E-state index is 9.66. The van der Waals surface area contributed by atoms with Gasteiger partial charge in [-0.15, -0.1) is 0 Å². The van der Waals surface area contributed by atoms with Crippen molar-refractivity contribution in [3.63, 3.8) is 0 Å². The van der Waals surface area contributed by atoms with Crippen molar-refractivity contribution in [2.24, 2.45) is 5.92 Å². The van der Waals surface area contributed by atoms with Gasteiger partial charge in [-0.2, -0.15) is 0 Å². The zero-order chi connectivity index (χ0) is 8.32. The topological polar surface area (TPSA) is 40.5 Å². The van der Waals surface area contributed by atoms with E-state index in [-0.39, 0.29) is 12.5 Å². The van der Waals surface area contributed by atoms with Crippen LogP contribution in [0.5, 0.6) is 0 Å². The Kier molecular flexibility index (Phi) is 2.90. The third-order valence-corrected chi connectivity index (χ3v) is 2.63. The second kappa shape index (κ2) is 3.55. The second-order valence-corrected chi connectivity index (χ2v) is 3.64. The van der Waals surface area contributed by atoms with Crippen LogP contribution in [0.3, 0.4) is 0 Å². The summed E-state index contributed by atoms with van der Waals surface area (Å²) in [6.45, 7) is 2.31. The molecule has 0 aromatic rings. The van der Waals surface area contributed by atoms with Gasteiger partial charge in [-0.1, -0.05) is 26.2 Å². The molecule has 0 aromatic carbocycles. The average Bonchev–Trinajstić information content (AvgIpc) is 2.63. The van der Waals surface area contributed by atoms with E-state index in [1.165, 1.54) is 12.8 Å². The van der Waals surface area contributed by atoms with E-state index in [2.05, 4.69) is 6.92 Å². The molecule has 2 nitrogen and oxygen atoms in total. The van der Waals surface area contributed by atoms with E-state index < -0.39 is 5.60 Å². The molecule has 0 heterocycles. The molecule has 1 aliphatic carbocycles. The molecule has 66 valence electrons. The minimum atomic E-state index is -0.482. The van der Waals surface area contributed by atoms with Crippen LogP contribution in [0, 0.1) is 5.92 Å². The molecule has 0 aliphatic heterocycles. The average molecular weight is 158 g/mol. The molecular formula is C9H18O2. The van der Waals surface area contributed by atoms with Crippen LogP contribution in [0.1, 0.15) is 39.0 Å². The lowest BCUT2D eigenvalue weighted by Crippen LogP contribution is -2.12. The Bertz CT molecular complexity index is 125. The maximum Gasteiger partial charge on any atom is 0.0703 e. The predicted octanol–water partition coefficient (Wildman–Crippen LogP) is 1.31. The fraction of sp³-hybridized carbons (Fsp3) is 1.00. The molecule has 1 aliphatic rings. The molecule has 1 fully saturated rings. The Morgan fingerprint density at radius 1 is 1.45 bits per heavy atom. The Labute approximate surface area is 68.2 Å². The van der Waals surface area contributed by atoms with Gasteiger partial charge in [0.25, 0.3) is 0 Å². The molecule has 2 N–H and O–H groups in total. The molecule has 1 rings (SSSR count). The van der Waals surface area contributed by atoms with E-state index in [0.29, 0.717) is 0 Å². The Morgan fingerprint density at radius 3 is 2.64 bits per heavy atom. The summed E-state index contributed by atoms with van der Waals surface area (Å²) in [4.78, 5) is 0. The Morgan fingerprint density at radius 2 is 2.18 bits per heavy atom. The molecule has 0 saturated heterocycles. The van der Waals surface area contributed by atoms with Crippen LogP contribution in [-0.4, -0.2) is 22.4 Å². The van der Waals surface area contributed by atoms with Crippen molar-refractivity contribution >= 4 is 0 Å². The second-order valence-electron chi connectivity index (χ2n) is 3.64. The smallest absolute Gasteiger partial charge is 0.0703 e. The number of hydrogen-bond acceptors (Lipinski definition) is 2. The van der Waals surface area contributed by atoms with Crippen LogP contribution in [-0.2, 0) is 0 Å². The molecule has 0 bridgehead atoms. The summed E-state index contributed by atoms with van der Waals surface area (Å²) in [5.41, 5.74) is -0.482. The molecule has 0 aromatic heterocycles. The van der Waals surface area contributed by atoms with Crippen molar-refractivity contribution in [1.82, 2.24) is 0 Å². The minimum Gasteiger partial charge on any atom is -0.396 e. The highest BCUT2D eigenvalue weighted by Gasteiger charge is 2.51. The van der Waals surface area contributed by atoms with Crippen molar-refractivity contribution < 1.29 is 10.2 Å². The third-order valence-electron chi connectivity index (χ3n) is 2.63. The van der Waals surface area contributed by atoms with Crippen molar-refractivity contribution in [3.05, 3.63) is 0 Å². The van der Waals surface area contributed by atoms with E-state index in [1.807, 2.05) is 0 Å². The van der Waals surface area contributed by atoms with Crippen LogP contribution in [0.25, 0.3) is 0 Å². The van der Waals surface area contributed by atoms with Gasteiger partial charge in [0.1, 0.15) is 0 Å². The summed E-state index contributed by atoms with van der Waals surface area (Å²) >= 11 is 0. The van der Waals surface area contributed by atoms with Gasteiger partial charge in [0.15, 0.2) is 0 Å². The van der Waals surface area contributed by atoms with E-state index in [0.717, 1.165) is 19.3 Å². The number of rotatable bonds is 5. The zero-order valence-corrected chi connectivity index (χ0v) is 7.21. The highest BCUT2D eigenvalue weighted by atomic mass is 16.3. The summed E-state index contributed by atoms with van der Waals surface area (Å²) in [6.07, 6.45) is 5.18. The summed E-state index contributed by atoms with van der Waals surface area (Å²) in [7, 11) is 0. The summed E-state index contributed by atoms with van der Waals surface area (Å²) in [6, 6.07) is 0. The van der Waals surface area contributed by atoms with Gasteiger partial charge in [-0.25, -0.2) is 0 Å². The first-order valence-corrected chi connectivity index (χ1v) is 4.56. The molecule has 2 heteroatoms. The lowest BCUT2D eigenvalue weighted by Gasteiger charge is -2.07. The van der Waals surface area contributed by atoms with Crippen molar-refractivity contribution in [1.29, 1.82) is 0 Å². The summed E-state index contributed by atoms with van der Waals surface area (Å²) in [5.74, 6) is 0.180. The van der Waals surface area contributed by atoms with Gasteiger partial charge >= 0.3 is 0 Å². The van der Waals surface area contributed by atoms with Gasteiger partial charge in [0.2, 0.25) is 0 Å². The first kappa shape index (κ1) is 9.01. The third kappa shape index (κ3) is 2.17. The number of unbranched alkanes of at least 4 members (excludes halogenated alkanes) is 2. The van der Waals surface area contributed by atoms with Crippen molar-refractivity contribution in [3.8, 4) is 0 Å². The van der Waals surface area contributed by atoms with E-state index in [9.17, 15) is 5.11 Å². The molecule has 1 saturated carbocycles. The summed E-state index contributed by atoms with van der Waals surface area (Å²) < 4.78 is 0. The highest BCUT2D eigenvalue weighted by Crippen LogP contribution is 2.46. The van der Waals surface area contributed by atoms with Crippen LogP contribution in [0.15, 0.2) is 0 Å². The first-order chi connectivity index (χ1) is 5.23. The predicted molar refractivity (Wildman–Crippen MR) is 44.3 cm³/mol. The number of aliphatic hydroxyl groups excluding tert-OH is 1. The van der Waals surface area contributed by atoms with Gasteiger partial charge in [-0.05, 0) is 12.8 Å². The molecule has 0 amide bonds. The number of hydrogen-bond donors (Lipinski definition) is 2. The van der Waals surface area contributed by atoms with Gasteiger partial charge < -0.3 is 10.2 Å². The quantitative estimate of drug-likeness (QED) is 0.592. The Hall–Kier alpha value is -0.0800. The fourth-order valence-corrected chi connectivity index (χ4v) is 1.59. The highest BCUT2D eigenvalue weighted by molar-refractivity contribution is 5.02. The van der Waals surface area contributed by atoms with Crippen molar-refractivity contribution in [2.45, 2.75) is 44.6 Å². The first-order valence-electron chi connectivity index (χ1n) is 4.56. The monoisotopic (exact) mass is 158 g/mol. The van der Waals surface area contributed by atoms with Crippen LogP contribution >= 0.6 is 0 Å². The molecule has 0 spiro atoms. The number of aliphatic hydroxyl groups is 2. The molecule has 11 heavy (non-hydrogen) atoms. The van der Waals surface area contributed by atoms with Crippen molar-refractivity contribution in [2.75, 3.05) is 6.61 Å².